The van der Waals surface area contributed by atoms with Crippen molar-refractivity contribution in [1.29, 1.82) is 0 Å². The van der Waals surface area contributed by atoms with Crippen LogP contribution in [0.1, 0.15) is 12.7 Å². The molecule has 2 rings (SSSR count). The van der Waals surface area contributed by atoms with Gasteiger partial charge in [0.25, 0.3) is 0 Å². The molecule has 16 heavy (non-hydrogen) atoms. The summed E-state index contributed by atoms with van der Waals surface area (Å²) < 4.78 is 0. The van der Waals surface area contributed by atoms with E-state index in [2.05, 4.69) is 32.0 Å². The van der Waals surface area contributed by atoms with Crippen LogP contribution >= 0.6 is 0 Å². The standard InChI is InChI=1S/C10H20N6/c1-8(11)7-9-12-10(14-13-9)16-5-3-15(2)4-6-16/h8H,3-7,11H2,1-2H3,(H,12,13,14). The van der Waals surface area contributed by atoms with E-state index in [-0.39, 0.29) is 6.04 Å². The Morgan fingerprint density at radius 3 is 2.69 bits per heavy atom. The number of nitrogens with zero attached hydrogens (tertiary/aromatic N) is 4. The van der Waals surface area contributed by atoms with Gasteiger partial charge in [0.05, 0.1) is 0 Å². The van der Waals surface area contributed by atoms with Crippen LogP contribution in [0.3, 0.4) is 0 Å². The van der Waals surface area contributed by atoms with Crippen molar-refractivity contribution < 1.29 is 0 Å². The van der Waals surface area contributed by atoms with Crippen LogP contribution in [-0.2, 0) is 6.42 Å². The van der Waals surface area contributed by atoms with Crippen molar-refractivity contribution in [2.24, 2.45) is 5.73 Å². The van der Waals surface area contributed by atoms with Crippen LogP contribution in [0.25, 0.3) is 0 Å². The third kappa shape index (κ3) is 2.70. The van der Waals surface area contributed by atoms with Crippen LogP contribution in [-0.4, -0.2) is 59.3 Å². The number of hydrogen-bond acceptors (Lipinski definition) is 5. The molecule has 0 saturated carbocycles. The van der Waals surface area contributed by atoms with Crippen LogP contribution in [0.4, 0.5) is 5.95 Å². The number of aromatic nitrogens is 3. The van der Waals surface area contributed by atoms with Gasteiger partial charge < -0.3 is 15.5 Å². The van der Waals surface area contributed by atoms with Gasteiger partial charge in [-0.05, 0) is 14.0 Å². The molecule has 0 spiro atoms. The highest BCUT2D eigenvalue weighted by atomic mass is 15.4. The molecule has 1 aromatic rings. The molecule has 1 aliphatic rings. The summed E-state index contributed by atoms with van der Waals surface area (Å²) in [5.74, 6) is 1.69. The smallest absolute Gasteiger partial charge is 0.244 e. The second kappa shape index (κ2) is 4.80. The minimum Gasteiger partial charge on any atom is -0.337 e. The fraction of sp³-hybridized carbons (Fsp3) is 0.800. The summed E-state index contributed by atoms with van der Waals surface area (Å²) in [4.78, 5) is 8.98. The van der Waals surface area contributed by atoms with E-state index >= 15 is 0 Å². The summed E-state index contributed by atoms with van der Waals surface area (Å²) in [5, 5.41) is 7.18. The van der Waals surface area contributed by atoms with E-state index < -0.39 is 0 Å². The molecular formula is C10H20N6. The summed E-state index contributed by atoms with van der Waals surface area (Å²) in [6.07, 6.45) is 0.751. The number of hydrogen-bond donors (Lipinski definition) is 2. The van der Waals surface area contributed by atoms with Crippen LogP contribution in [0.5, 0.6) is 0 Å². The molecule has 1 unspecified atom stereocenters. The molecule has 0 radical (unpaired) electrons. The zero-order valence-corrected chi connectivity index (χ0v) is 9.98. The summed E-state index contributed by atoms with van der Waals surface area (Å²) in [6, 6.07) is 0.119. The number of piperazine rings is 1. The maximum absolute atomic E-state index is 5.72. The minimum absolute atomic E-state index is 0.119. The SMILES string of the molecule is CC(N)Cc1nc(N2CCN(C)CC2)n[nH]1. The maximum atomic E-state index is 5.72. The van der Waals surface area contributed by atoms with Crippen molar-refractivity contribution in [2.75, 3.05) is 38.1 Å². The van der Waals surface area contributed by atoms with E-state index in [4.69, 9.17) is 5.73 Å². The maximum Gasteiger partial charge on any atom is 0.244 e. The molecule has 1 fully saturated rings. The number of anilines is 1. The fourth-order valence-electron chi connectivity index (χ4n) is 1.83. The van der Waals surface area contributed by atoms with Crippen molar-refractivity contribution in [3.63, 3.8) is 0 Å². The van der Waals surface area contributed by atoms with E-state index in [1.807, 2.05) is 6.92 Å². The molecule has 0 aromatic carbocycles. The highest BCUT2D eigenvalue weighted by Crippen LogP contribution is 2.10. The monoisotopic (exact) mass is 224 g/mol. The zero-order chi connectivity index (χ0) is 11.5. The van der Waals surface area contributed by atoms with Crippen LogP contribution < -0.4 is 10.6 Å². The lowest BCUT2D eigenvalue weighted by Crippen LogP contribution is -2.45. The number of likely N-dealkylation sites (N-methyl/N-ethyl adjacent to an activating group) is 1. The second-order valence-electron chi connectivity index (χ2n) is 4.55. The van der Waals surface area contributed by atoms with Crippen molar-refractivity contribution >= 4 is 5.95 Å². The van der Waals surface area contributed by atoms with Gasteiger partial charge in [-0.1, -0.05) is 0 Å². The Balaban J connectivity index is 1.96. The first kappa shape index (κ1) is 11.3. The first-order chi connectivity index (χ1) is 7.65. The van der Waals surface area contributed by atoms with Gasteiger partial charge in [-0.25, -0.2) is 0 Å². The van der Waals surface area contributed by atoms with Gasteiger partial charge >= 0.3 is 0 Å². The normalized spacial score (nSPS) is 20.1. The molecule has 90 valence electrons. The highest BCUT2D eigenvalue weighted by Gasteiger charge is 2.17. The first-order valence-electron chi connectivity index (χ1n) is 5.75. The van der Waals surface area contributed by atoms with E-state index in [1.54, 1.807) is 0 Å². The number of rotatable bonds is 3. The molecule has 2 heterocycles. The van der Waals surface area contributed by atoms with Crippen molar-refractivity contribution in [3.8, 4) is 0 Å². The zero-order valence-electron chi connectivity index (χ0n) is 9.98. The third-order valence-corrected chi connectivity index (χ3v) is 2.82. The Hall–Kier alpha value is -1.14. The molecule has 1 saturated heterocycles. The van der Waals surface area contributed by atoms with E-state index in [1.165, 1.54) is 0 Å². The Morgan fingerprint density at radius 2 is 2.06 bits per heavy atom. The summed E-state index contributed by atoms with van der Waals surface area (Å²) in [6.45, 7) is 6.09. The Morgan fingerprint density at radius 1 is 1.38 bits per heavy atom. The Labute approximate surface area is 95.8 Å². The summed E-state index contributed by atoms with van der Waals surface area (Å²) in [5.41, 5.74) is 5.72. The third-order valence-electron chi connectivity index (χ3n) is 2.82. The van der Waals surface area contributed by atoms with Gasteiger partial charge in [0.2, 0.25) is 5.95 Å². The first-order valence-corrected chi connectivity index (χ1v) is 5.75. The predicted molar refractivity (Wildman–Crippen MR) is 63.4 cm³/mol. The lowest BCUT2D eigenvalue weighted by molar-refractivity contribution is 0.311. The molecular weight excluding hydrogens is 204 g/mol. The lowest BCUT2D eigenvalue weighted by atomic mass is 10.2. The van der Waals surface area contributed by atoms with Gasteiger partial charge in [-0.2, -0.15) is 4.98 Å². The number of H-pyrrole nitrogens is 1. The largest absolute Gasteiger partial charge is 0.337 e. The molecule has 3 N–H and O–H groups in total. The molecule has 0 aliphatic carbocycles. The molecule has 0 bridgehead atoms. The lowest BCUT2D eigenvalue weighted by Gasteiger charge is -2.31. The van der Waals surface area contributed by atoms with Crippen LogP contribution in [0, 0.1) is 0 Å². The molecule has 6 nitrogen and oxygen atoms in total. The molecule has 1 aliphatic heterocycles. The van der Waals surface area contributed by atoms with Gasteiger partial charge in [0, 0.05) is 38.6 Å². The topological polar surface area (TPSA) is 74.1 Å². The van der Waals surface area contributed by atoms with E-state index in [0.717, 1.165) is 44.4 Å². The van der Waals surface area contributed by atoms with Crippen molar-refractivity contribution in [3.05, 3.63) is 5.82 Å². The number of nitrogens with one attached hydrogen (secondary N) is 1. The second-order valence-corrected chi connectivity index (χ2v) is 4.55. The van der Waals surface area contributed by atoms with Crippen LogP contribution in [0.2, 0.25) is 0 Å². The van der Waals surface area contributed by atoms with E-state index in [0.29, 0.717) is 0 Å². The van der Waals surface area contributed by atoms with E-state index in [9.17, 15) is 0 Å². The van der Waals surface area contributed by atoms with Crippen LogP contribution in [0.15, 0.2) is 0 Å². The van der Waals surface area contributed by atoms with Gasteiger partial charge in [-0.3, -0.25) is 5.10 Å². The Bertz CT molecular complexity index is 326. The summed E-state index contributed by atoms with van der Waals surface area (Å²) >= 11 is 0. The van der Waals surface area contributed by atoms with Crippen molar-refractivity contribution in [2.45, 2.75) is 19.4 Å². The van der Waals surface area contributed by atoms with Crippen molar-refractivity contribution in [1.82, 2.24) is 20.1 Å². The van der Waals surface area contributed by atoms with Gasteiger partial charge in [0.1, 0.15) is 5.82 Å². The number of nitrogens with two attached hydrogens (primary N) is 1. The van der Waals surface area contributed by atoms with Gasteiger partial charge in [0.15, 0.2) is 0 Å². The fourth-order valence-corrected chi connectivity index (χ4v) is 1.83. The predicted octanol–water partition coefficient (Wildman–Crippen LogP) is -0.554. The minimum atomic E-state index is 0.119. The summed E-state index contributed by atoms with van der Waals surface area (Å²) in [7, 11) is 2.14. The molecule has 1 aromatic heterocycles. The average Bonchev–Trinajstić information content (AvgIpc) is 2.66. The average molecular weight is 224 g/mol. The molecule has 6 heteroatoms. The molecule has 0 amide bonds. The Kier molecular flexibility index (Phi) is 3.40. The van der Waals surface area contributed by atoms with Gasteiger partial charge in [-0.15, -0.1) is 5.10 Å². The number of aromatic amines is 1. The highest BCUT2D eigenvalue weighted by molar-refractivity contribution is 5.29. The molecule has 1 atom stereocenters. The quantitative estimate of drug-likeness (QED) is 0.720.